The van der Waals surface area contributed by atoms with Crippen molar-refractivity contribution in [1.29, 1.82) is 0 Å². The Balaban J connectivity index is 1.39. The van der Waals surface area contributed by atoms with E-state index in [1.165, 1.54) is 18.1 Å². The molecule has 0 aromatic carbocycles. The summed E-state index contributed by atoms with van der Waals surface area (Å²) in [7, 11) is 0. The Bertz CT molecular complexity index is 1400. The van der Waals surface area contributed by atoms with Crippen molar-refractivity contribution in [1.82, 2.24) is 0 Å². The van der Waals surface area contributed by atoms with Crippen LogP contribution in [0.3, 0.4) is 0 Å². The molecule has 12 nitrogen and oxygen atoms in total. The largest absolute Gasteiger partial charge is 0.394 e. The van der Waals surface area contributed by atoms with Gasteiger partial charge >= 0.3 is 0 Å². The van der Waals surface area contributed by atoms with Crippen LogP contribution in [-0.2, 0) is 18.9 Å². The fraction of sp³-hybridized carbons (Fsp3) is 0.905. The first kappa shape index (κ1) is 42.6. The van der Waals surface area contributed by atoms with Crippen LogP contribution in [0.2, 0.25) is 0 Å². The van der Waals surface area contributed by atoms with E-state index in [1.54, 1.807) is 0 Å². The molecule has 8 N–H and O–H groups in total. The predicted molar refractivity (Wildman–Crippen MR) is 199 cm³/mol. The Labute approximate surface area is 321 Å². The average molecular weight is 767 g/mol. The monoisotopic (exact) mass is 766 g/mol. The molecule has 0 aromatic heterocycles. The van der Waals surface area contributed by atoms with Crippen LogP contribution >= 0.6 is 0 Å². The van der Waals surface area contributed by atoms with Crippen molar-refractivity contribution < 1.29 is 59.8 Å². The summed E-state index contributed by atoms with van der Waals surface area (Å²) in [6.45, 7) is 18.5. The highest BCUT2D eigenvalue weighted by Crippen LogP contribution is 2.76. The zero-order valence-corrected chi connectivity index (χ0v) is 33.8. The van der Waals surface area contributed by atoms with E-state index in [9.17, 15) is 40.9 Å². The zero-order valence-electron chi connectivity index (χ0n) is 33.8. The second-order valence-electron chi connectivity index (χ2n) is 19.6. The summed E-state index contributed by atoms with van der Waals surface area (Å²) in [4.78, 5) is 0. The fourth-order valence-electron chi connectivity index (χ4n) is 12.9. The summed E-state index contributed by atoms with van der Waals surface area (Å²) in [5.74, 6) is 0.165. The van der Waals surface area contributed by atoms with E-state index in [0.29, 0.717) is 19.3 Å². The third kappa shape index (κ3) is 6.79. The van der Waals surface area contributed by atoms with Crippen LogP contribution in [-0.4, -0.2) is 127 Å². The van der Waals surface area contributed by atoms with Gasteiger partial charge in [0.25, 0.3) is 0 Å². The average Bonchev–Trinajstić information content (AvgIpc) is 3.48. The number of allylic oxidation sites excluding steroid dienone is 4. The maximum absolute atomic E-state index is 12.2. The lowest BCUT2D eigenvalue weighted by Gasteiger charge is -2.72. The van der Waals surface area contributed by atoms with Crippen LogP contribution in [0.25, 0.3) is 0 Å². The van der Waals surface area contributed by atoms with E-state index in [4.69, 9.17) is 18.9 Å². The SMILES string of the molecule is CC(C)=CC/C=C(/C)[C@H]1CC[C@]2(C)[C@@H]1[C@H](O)C[C@@H]1[C@@]3(C)CC[C@H](O)C(C)(C)[C@@H]3[C@@H](O[C@H]3O[C@@H](CO)[C@H](O)[C@@H](O)[C@@H]3O[C@H]3O[C@@H](C)[C@H](O)[C@@H](O)[C@@H]3O)C[C@]12C. The first-order chi connectivity index (χ1) is 25.1. The van der Waals surface area contributed by atoms with Crippen molar-refractivity contribution >= 4 is 0 Å². The second kappa shape index (κ2) is 15.3. The lowest BCUT2D eigenvalue weighted by molar-refractivity contribution is -0.381. The van der Waals surface area contributed by atoms with Gasteiger partial charge in [-0.25, -0.2) is 0 Å². The van der Waals surface area contributed by atoms with Crippen molar-refractivity contribution in [2.75, 3.05) is 6.61 Å². The minimum absolute atomic E-state index is 0.0381. The minimum atomic E-state index is -1.68. The number of rotatable bonds is 8. The molecule has 0 unspecified atom stereocenters. The van der Waals surface area contributed by atoms with Gasteiger partial charge in [-0.3, -0.25) is 0 Å². The molecule has 0 aromatic rings. The van der Waals surface area contributed by atoms with Crippen LogP contribution in [0.5, 0.6) is 0 Å². The molecule has 0 spiro atoms. The van der Waals surface area contributed by atoms with Gasteiger partial charge in [0.15, 0.2) is 12.6 Å². The van der Waals surface area contributed by atoms with E-state index in [2.05, 4.69) is 67.5 Å². The first-order valence-electron chi connectivity index (χ1n) is 20.4. The van der Waals surface area contributed by atoms with Crippen molar-refractivity contribution in [3.8, 4) is 0 Å². The normalized spacial score (nSPS) is 53.3. The molecule has 6 aliphatic rings. The maximum atomic E-state index is 12.2. The molecule has 4 saturated carbocycles. The van der Waals surface area contributed by atoms with Crippen LogP contribution in [0.4, 0.5) is 0 Å². The molecule has 310 valence electrons. The van der Waals surface area contributed by atoms with Crippen molar-refractivity contribution in [3.63, 3.8) is 0 Å². The van der Waals surface area contributed by atoms with Crippen molar-refractivity contribution in [2.45, 2.75) is 187 Å². The summed E-state index contributed by atoms with van der Waals surface area (Å²) in [5.41, 5.74) is 1.01. The highest BCUT2D eigenvalue weighted by molar-refractivity contribution is 5.24. The second-order valence-corrected chi connectivity index (χ2v) is 19.6. The van der Waals surface area contributed by atoms with E-state index in [-0.39, 0.29) is 39.9 Å². The first-order valence-corrected chi connectivity index (χ1v) is 20.4. The standard InChI is InChI=1S/C42H70O12/c1-20(2)11-10-12-21(3)23-13-16-41(8)29(23)24(44)17-27-40(7)15-14-28(45)39(5,6)36(40)25(18-42(27,41)9)52-38-35(33(49)31(47)26(19-43)53-38)54-37-34(50)32(48)30(46)22(4)51-37/h11-12,22-38,43-50H,10,13-19H2,1-9H3/b21-12-/t22-,23+,24+,25-,26-,27+,28-,29-,30-,31-,32+,33+,34-,35-,36-,37+,38-,40+,41+,42+/m0/s1. The molecule has 12 heteroatoms. The molecule has 20 atom stereocenters. The molecule has 6 fully saturated rings. The number of hydrogen-bond donors (Lipinski definition) is 8. The summed E-state index contributed by atoms with van der Waals surface area (Å²) < 4.78 is 25.2. The fourth-order valence-corrected chi connectivity index (χ4v) is 12.9. The molecule has 54 heavy (non-hydrogen) atoms. The van der Waals surface area contributed by atoms with Gasteiger partial charge in [-0.1, -0.05) is 57.9 Å². The molecule has 0 bridgehead atoms. The predicted octanol–water partition coefficient (Wildman–Crippen LogP) is 2.95. The molecule has 2 aliphatic heterocycles. The van der Waals surface area contributed by atoms with E-state index < -0.39 is 91.7 Å². The van der Waals surface area contributed by atoms with Crippen LogP contribution in [0.15, 0.2) is 23.3 Å². The molecule has 4 aliphatic carbocycles. The summed E-state index contributed by atoms with van der Waals surface area (Å²) in [5, 5.41) is 88.2. The molecule has 2 heterocycles. The Morgan fingerprint density at radius 2 is 1.44 bits per heavy atom. The van der Waals surface area contributed by atoms with Gasteiger partial charge in [0.05, 0.1) is 31.0 Å². The topological polar surface area (TPSA) is 199 Å². The molecule has 0 amide bonds. The third-order valence-corrected chi connectivity index (χ3v) is 16.0. The lowest BCUT2D eigenvalue weighted by Crippen LogP contribution is -2.71. The Hall–Kier alpha value is -1.00. The Kier molecular flexibility index (Phi) is 12.1. The van der Waals surface area contributed by atoms with Gasteiger partial charge in [0.2, 0.25) is 0 Å². The van der Waals surface area contributed by atoms with Gasteiger partial charge in [-0.2, -0.15) is 0 Å². The van der Waals surface area contributed by atoms with E-state index in [1.807, 2.05) is 0 Å². The smallest absolute Gasteiger partial charge is 0.187 e. The summed E-state index contributed by atoms with van der Waals surface area (Å²) in [6.07, 6.45) is -6.05. The molecular weight excluding hydrogens is 696 g/mol. The lowest BCUT2D eigenvalue weighted by atomic mass is 9.34. The number of ether oxygens (including phenoxy) is 4. The maximum Gasteiger partial charge on any atom is 0.187 e. The zero-order chi connectivity index (χ0) is 39.9. The van der Waals surface area contributed by atoms with Gasteiger partial charge in [0, 0.05) is 0 Å². The van der Waals surface area contributed by atoms with Crippen molar-refractivity contribution in [2.24, 2.45) is 45.3 Å². The quantitative estimate of drug-likeness (QED) is 0.133. The van der Waals surface area contributed by atoms with Crippen LogP contribution in [0, 0.1) is 45.3 Å². The number of hydrogen-bond acceptors (Lipinski definition) is 12. The molecule has 6 rings (SSSR count). The van der Waals surface area contributed by atoms with Gasteiger partial charge in [0.1, 0.15) is 42.7 Å². The van der Waals surface area contributed by atoms with E-state index >= 15 is 0 Å². The van der Waals surface area contributed by atoms with Crippen LogP contribution < -0.4 is 0 Å². The Morgan fingerprint density at radius 3 is 2.09 bits per heavy atom. The third-order valence-electron chi connectivity index (χ3n) is 16.0. The number of aliphatic hydroxyl groups is 8. The number of fused-ring (bicyclic) bond motifs is 5. The highest BCUT2D eigenvalue weighted by atomic mass is 16.8. The molecular formula is C42H70O12. The molecule has 0 radical (unpaired) electrons. The summed E-state index contributed by atoms with van der Waals surface area (Å²) in [6, 6.07) is 0. The van der Waals surface area contributed by atoms with Crippen molar-refractivity contribution in [3.05, 3.63) is 23.3 Å². The van der Waals surface area contributed by atoms with Gasteiger partial charge in [-0.05, 0) is 118 Å². The Morgan fingerprint density at radius 1 is 0.759 bits per heavy atom. The minimum Gasteiger partial charge on any atom is -0.394 e. The molecule has 2 saturated heterocycles. The van der Waals surface area contributed by atoms with E-state index in [0.717, 1.165) is 25.7 Å². The van der Waals surface area contributed by atoms with Crippen LogP contribution in [0.1, 0.15) is 107 Å². The van der Waals surface area contributed by atoms with Gasteiger partial charge in [-0.15, -0.1) is 0 Å². The highest BCUT2D eigenvalue weighted by Gasteiger charge is 2.73. The number of aliphatic hydroxyl groups excluding tert-OH is 8. The summed E-state index contributed by atoms with van der Waals surface area (Å²) >= 11 is 0. The van der Waals surface area contributed by atoms with Gasteiger partial charge < -0.3 is 59.8 Å².